The van der Waals surface area contributed by atoms with E-state index in [4.69, 9.17) is 5.41 Å². The first-order chi connectivity index (χ1) is 20.0. The predicted octanol–water partition coefficient (Wildman–Crippen LogP) is 2.30. The van der Waals surface area contributed by atoms with Crippen molar-refractivity contribution in [2.24, 2.45) is 5.92 Å². The molecule has 3 aromatic rings. The van der Waals surface area contributed by atoms with E-state index >= 15 is 0 Å². The Labute approximate surface area is 250 Å². The number of amides is 2. The predicted molar refractivity (Wildman–Crippen MR) is 164 cm³/mol. The second kappa shape index (κ2) is 15.6. The van der Waals surface area contributed by atoms with Crippen LogP contribution in [0.2, 0.25) is 0 Å². The van der Waals surface area contributed by atoms with Crippen LogP contribution in [0.4, 0.5) is 0 Å². The standard InChI is InChI=1S/C15H13N3O2S.C13H26N4O3S/c19-9-18-13(14(20)15-16-5-6-21-15)7-10-8-17-12-4-2-1-3-11(10)12;1-4-15-13(18)12(16-21(3,19)20)9-11-5-7-17(8-6-11)10(2)14/h1-6,8-9,13,17H,7H2,(H,18,19);11-12,14,16H,4-9H2,1-3H3,(H,15,18). The highest BCUT2D eigenvalue weighted by Crippen LogP contribution is 2.23. The van der Waals surface area contributed by atoms with Crippen LogP contribution in [-0.2, 0) is 26.0 Å². The van der Waals surface area contributed by atoms with Gasteiger partial charge in [0.15, 0.2) is 5.01 Å². The van der Waals surface area contributed by atoms with E-state index < -0.39 is 22.1 Å². The number of thiazole rings is 1. The van der Waals surface area contributed by atoms with Crippen LogP contribution in [0.25, 0.3) is 10.9 Å². The van der Waals surface area contributed by atoms with Crippen LogP contribution in [-0.4, -0.2) is 85.2 Å². The summed E-state index contributed by atoms with van der Waals surface area (Å²) in [5.74, 6) is 0.418. The molecule has 4 rings (SSSR count). The summed E-state index contributed by atoms with van der Waals surface area (Å²) in [7, 11) is -3.42. The largest absolute Gasteiger partial charge is 0.361 e. The third kappa shape index (κ3) is 9.74. The van der Waals surface area contributed by atoms with Crippen LogP contribution < -0.4 is 15.4 Å². The first-order valence-corrected chi connectivity index (χ1v) is 16.5. The SMILES string of the molecule is CCNC(=O)C(CC1CCN(C(C)=N)CC1)NS(C)(=O)=O.O=CNC(Cc1c[nH]c2ccccc12)C(=O)c1nccs1. The van der Waals surface area contributed by atoms with Gasteiger partial charge in [0.2, 0.25) is 28.1 Å². The fourth-order valence-corrected chi connectivity index (χ4v) is 6.28. The maximum Gasteiger partial charge on any atom is 0.238 e. The Kier molecular flexibility index (Phi) is 12.2. The van der Waals surface area contributed by atoms with Crippen LogP contribution in [0.5, 0.6) is 0 Å². The number of aromatic nitrogens is 2. The van der Waals surface area contributed by atoms with E-state index in [2.05, 4.69) is 25.3 Å². The molecule has 12 nitrogen and oxygen atoms in total. The van der Waals surface area contributed by atoms with Crippen molar-refractivity contribution in [3.05, 3.63) is 52.6 Å². The molecule has 2 atom stereocenters. The number of hydrogen-bond acceptors (Lipinski definition) is 8. The number of nitrogens with zero attached hydrogens (tertiary/aromatic N) is 2. The Morgan fingerprint density at radius 1 is 1.24 bits per heavy atom. The third-order valence-corrected chi connectivity index (χ3v) is 8.51. The number of para-hydroxylation sites is 1. The van der Waals surface area contributed by atoms with Gasteiger partial charge in [-0.15, -0.1) is 11.3 Å². The number of Topliss-reactive ketones (excluding diaryl/α,β-unsaturated/α-hetero) is 1. The van der Waals surface area contributed by atoms with Gasteiger partial charge in [0.05, 0.1) is 18.1 Å². The molecule has 14 heteroatoms. The highest BCUT2D eigenvalue weighted by molar-refractivity contribution is 7.88. The van der Waals surface area contributed by atoms with E-state index in [0.717, 1.165) is 48.7 Å². The fourth-order valence-electron chi connectivity index (χ4n) is 4.93. The number of nitrogens with one attached hydrogen (secondary N) is 5. The van der Waals surface area contributed by atoms with E-state index in [9.17, 15) is 22.8 Å². The number of benzene rings is 1. The Balaban J connectivity index is 0.000000230. The van der Waals surface area contributed by atoms with Gasteiger partial charge in [0, 0.05) is 54.7 Å². The van der Waals surface area contributed by atoms with Crippen molar-refractivity contribution in [3.8, 4) is 0 Å². The highest BCUT2D eigenvalue weighted by Gasteiger charge is 2.28. The van der Waals surface area contributed by atoms with Crippen LogP contribution >= 0.6 is 11.3 Å². The van der Waals surface area contributed by atoms with Gasteiger partial charge < -0.3 is 20.5 Å². The molecular weight excluding hydrogens is 578 g/mol. The Bertz CT molecular complexity index is 1450. The number of carbonyl (C=O) groups is 3. The quantitative estimate of drug-likeness (QED) is 0.0896. The van der Waals surface area contributed by atoms with Gasteiger partial charge in [-0.3, -0.25) is 19.8 Å². The first kappa shape index (κ1) is 32.9. The number of carbonyl (C=O) groups excluding carboxylic acids is 3. The molecule has 2 aromatic heterocycles. The maximum atomic E-state index is 12.4. The van der Waals surface area contributed by atoms with E-state index in [1.807, 2.05) is 35.4 Å². The maximum absolute atomic E-state index is 12.4. The van der Waals surface area contributed by atoms with Gasteiger partial charge in [-0.2, -0.15) is 0 Å². The van der Waals surface area contributed by atoms with Crippen LogP contribution in [0, 0.1) is 11.3 Å². The lowest BCUT2D eigenvalue weighted by Gasteiger charge is -2.34. The van der Waals surface area contributed by atoms with Crippen molar-refractivity contribution in [1.82, 2.24) is 30.2 Å². The van der Waals surface area contributed by atoms with Crippen LogP contribution in [0.15, 0.2) is 42.0 Å². The number of fused-ring (bicyclic) bond motifs is 1. The number of likely N-dealkylation sites (N-methyl/N-ethyl adjacent to an activating group) is 1. The van der Waals surface area contributed by atoms with Crippen molar-refractivity contribution in [2.75, 3.05) is 25.9 Å². The minimum absolute atomic E-state index is 0.164. The number of piperidine rings is 1. The molecule has 0 saturated carbocycles. The molecule has 2 amide bonds. The van der Waals surface area contributed by atoms with E-state index in [-0.39, 0.29) is 11.7 Å². The normalized spacial score (nSPS) is 15.3. The minimum atomic E-state index is -3.42. The Hall–Kier alpha value is -3.62. The van der Waals surface area contributed by atoms with Crippen molar-refractivity contribution in [2.45, 2.75) is 51.6 Å². The minimum Gasteiger partial charge on any atom is -0.361 e. The number of likely N-dealkylation sites (tertiary alicyclic amines) is 1. The first-order valence-electron chi connectivity index (χ1n) is 13.8. The van der Waals surface area contributed by atoms with Crippen molar-refractivity contribution in [1.29, 1.82) is 5.41 Å². The zero-order valence-corrected chi connectivity index (χ0v) is 25.7. The van der Waals surface area contributed by atoms with E-state index in [1.165, 1.54) is 11.3 Å². The van der Waals surface area contributed by atoms with Crippen molar-refractivity contribution in [3.63, 3.8) is 0 Å². The molecule has 1 aromatic carbocycles. The van der Waals surface area contributed by atoms with Crippen LogP contribution in [0.1, 0.15) is 48.5 Å². The molecule has 1 aliphatic rings. The molecule has 42 heavy (non-hydrogen) atoms. The second-order valence-electron chi connectivity index (χ2n) is 10.2. The molecule has 1 saturated heterocycles. The summed E-state index contributed by atoms with van der Waals surface area (Å²) in [6.07, 6.45) is 7.77. The van der Waals surface area contributed by atoms with Crippen molar-refractivity contribution < 1.29 is 22.8 Å². The van der Waals surface area contributed by atoms with Gasteiger partial charge in [-0.05, 0) is 50.7 Å². The average Bonchev–Trinajstić information content (AvgIpc) is 3.63. The summed E-state index contributed by atoms with van der Waals surface area (Å²) in [6, 6.07) is 6.55. The lowest BCUT2D eigenvalue weighted by atomic mass is 9.90. The summed E-state index contributed by atoms with van der Waals surface area (Å²) >= 11 is 1.28. The molecule has 2 unspecified atom stereocenters. The molecule has 3 heterocycles. The number of H-pyrrole nitrogens is 1. The topological polar surface area (TPSA) is 177 Å². The molecule has 1 aliphatic heterocycles. The molecule has 0 aliphatic carbocycles. The lowest BCUT2D eigenvalue weighted by molar-refractivity contribution is -0.123. The number of amidine groups is 1. The summed E-state index contributed by atoms with van der Waals surface area (Å²) in [5, 5.41) is 16.1. The monoisotopic (exact) mass is 617 g/mol. The molecule has 0 radical (unpaired) electrons. The van der Waals surface area contributed by atoms with Crippen molar-refractivity contribution >= 4 is 56.2 Å². The average molecular weight is 618 g/mol. The zero-order chi connectivity index (χ0) is 30.7. The van der Waals surface area contributed by atoms with Gasteiger partial charge >= 0.3 is 0 Å². The summed E-state index contributed by atoms with van der Waals surface area (Å²) in [6.45, 7) is 5.64. The third-order valence-electron chi connectivity index (χ3n) is 7.01. The van der Waals surface area contributed by atoms with E-state index in [1.54, 1.807) is 25.4 Å². The Morgan fingerprint density at radius 2 is 1.95 bits per heavy atom. The molecule has 5 N–H and O–H groups in total. The van der Waals surface area contributed by atoms with Crippen LogP contribution in [0.3, 0.4) is 0 Å². The number of hydrogen-bond donors (Lipinski definition) is 5. The molecular formula is C28H39N7O5S2. The number of sulfonamides is 1. The summed E-state index contributed by atoms with van der Waals surface area (Å²) in [5.41, 5.74) is 2.01. The van der Waals surface area contributed by atoms with E-state index in [0.29, 0.717) is 42.6 Å². The number of ketones is 1. The molecule has 0 bridgehead atoms. The summed E-state index contributed by atoms with van der Waals surface area (Å²) < 4.78 is 25.2. The lowest BCUT2D eigenvalue weighted by Crippen LogP contribution is -2.48. The van der Waals surface area contributed by atoms with Gasteiger partial charge in [-0.25, -0.2) is 18.1 Å². The van der Waals surface area contributed by atoms with Gasteiger partial charge in [-0.1, -0.05) is 18.2 Å². The smallest absolute Gasteiger partial charge is 0.238 e. The van der Waals surface area contributed by atoms with Gasteiger partial charge in [0.1, 0.15) is 6.04 Å². The molecule has 228 valence electrons. The number of rotatable bonds is 12. The number of aromatic amines is 1. The molecule has 0 spiro atoms. The zero-order valence-electron chi connectivity index (χ0n) is 24.1. The fraction of sp³-hybridized carbons (Fsp3) is 0.464. The van der Waals surface area contributed by atoms with Gasteiger partial charge in [0.25, 0.3) is 0 Å². The molecule has 1 fully saturated rings. The highest BCUT2D eigenvalue weighted by atomic mass is 32.2. The summed E-state index contributed by atoms with van der Waals surface area (Å²) in [4.78, 5) is 44.3. The Morgan fingerprint density at radius 3 is 2.55 bits per heavy atom. The second-order valence-corrected chi connectivity index (χ2v) is 12.9.